The van der Waals surface area contributed by atoms with Crippen LogP contribution < -0.4 is 9.47 Å². The van der Waals surface area contributed by atoms with E-state index in [-0.39, 0.29) is 25.4 Å². The van der Waals surface area contributed by atoms with E-state index < -0.39 is 11.4 Å². The Labute approximate surface area is 203 Å². The SMILES string of the molecule is CC(C)(CCCC(=O)c1ccc2ccccc2c1OCCOc1c(Cl)cccc1Cl)C(=O)O. The molecular formula is C26H26Cl2O5. The Morgan fingerprint density at radius 3 is 2.18 bits per heavy atom. The number of ether oxygens (including phenoxy) is 2. The maximum atomic E-state index is 13.0. The number of hydrogen-bond acceptors (Lipinski definition) is 4. The van der Waals surface area contributed by atoms with E-state index in [4.69, 9.17) is 32.7 Å². The first kappa shape index (κ1) is 24.9. The van der Waals surface area contributed by atoms with Gasteiger partial charge in [-0.05, 0) is 50.3 Å². The second kappa shape index (κ2) is 10.9. The molecule has 0 aromatic heterocycles. The van der Waals surface area contributed by atoms with Gasteiger partial charge in [0.2, 0.25) is 0 Å². The molecule has 7 heteroatoms. The van der Waals surface area contributed by atoms with Crippen molar-refractivity contribution in [2.24, 2.45) is 5.41 Å². The van der Waals surface area contributed by atoms with Crippen molar-refractivity contribution in [2.75, 3.05) is 13.2 Å². The molecule has 0 radical (unpaired) electrons. The Morgan fingerprint density at radius 2 is 1.52 bits per heavy atom. The largest absolute Gasteiger partial charge is 0.489 e. The lowest BCUT2D eigenvalue weighted by Crippen LogP contribution is -2.23. The highest BCUT2D eigenvalue weighted by molar-refractivity contribution is 6.37. The minimum Gasteiger partial charge on any atom is -0.489 e. The number of ketones is 1. The third kappa shape index (κ3) is 6.18. The highest BCUT2D eigenvalue weighted by atomic mass is 35.5. The van der Waals surface area contributed by atoms with Crippen LogP contribution in [0.1, 0.15) is 43.5 Å². The molecule has 0 heterocycles. The minimum atomic E-state index is -0.875. The Balaban J connectivity index is 1.73. The maximum absolute atomic E-state index is 13.0. The van der Waals surface area contributed by atoms with E-state index >= 15 is 0 Å². The number of hydrogen-bond donors (Lipinski definition) is 1. The quantitative estimate of drug-likeness (QED) is 0.230. The first-order valence-corrected chi connectivity index (χ1v) is 11.4. The number of Topliss-reactive ketones (excluding diaryl/α,β-unsaturated/α-hetero) is 1. The van der Waals surface area contributed by atoms with E-state index in [2.05, 4.69) is 0 Å². The summed E-state index contributed by atoms with van der Waals surface area (Å²) < 4.78 is 11.7. The van der Waals surface area contributed by atoms with Gasteiger partial charge in [0.25, 0.3) is 0 Å². The van der Waals surface area contributed by atoms with Crippen molar-refractivity contribution in [3.8, 4) is 11.5 Å². The van der Waals surface area contributed by atoms with Crippen LogP contribution in [0.2, 0.25) is 10.0 Å². The monoisotopic (exact) mass is 488 g/mol. The Morgan fingerprint density at radius 1 is 0.879 bits per heavy atom. The number of carboxylic acids is 1. The van der Waals surface area contributed by atoms with Crippen LogP contribution in [0.25, 0.3) is 10.8 Å². The number of carboxylic acid groups (broad SMARTS) is 1. The summed E-state index contributed by atoms with van der Waals surface area (Å²) in [6, 6.07) is 16.4. The van der Waals surface area contributed by atoms with Gasteiger partial charge in [0, 0.05) is 11.8 Å². The van der Waals surface area contributed by atoms with E-state index in [1.54, 1.807) is 38.1 Å². The van der Waals surface area contributed by atoms with Crippen LogP contribution >= 0.6 is 23.2 Å². The average molecular weight is 489 g/mol. The van der Waals surface area contributed by atoms with Crippen molar-refractivity contribution < 1.29 is 24.2 Å². The van der Waals surface area contributed by atoms with Gasteiger partial charge in [-0.3, -0.25) is 9.59 Å². The second-order valence-electron chi connectivity index (χ2n) is 8.38. The predicted octanol–water partition coefficient (Wildman–Crippen LogP) is 7.07. The van der Waals surface area contributed by atoms with Crippen LogP contribution in [0.15, 0.2) is 54.6 Å². The number of carbonyl (C=O) groups is 2. The summed E-state index contributed by atoms with van der Waals surface area (Å²) in [5, 5.41) is 11.9. The van der Waals surface area contributed by atoms with Crippen molar-refractivity contribution in [3.63, 3.8) is 0 Å². The van der Waals surface area contributed by atoms with Crippen molar-refractivity contribution in [1.29, 1.82) is 0 Å². The fourth-order valence-corrected chi connectivity index (χ4v) is 3.97. The van der Waals surface area contributed by atoms with E-state index in [0.717, 1.165) is 10.8 Å². The van der Waals surface area contributed by atoms with Crippen molar-refractivity contribution in [1.82, 2.24) is 0 Å². The zero-order valence-electron chi connectivity index (χ0n) is 18.6. The first-order valence-electron chi connectivity index (χ1n) is 10.7. The van der Waals surface area contributed by atoms with Crippen LogP contribution in [-0.4, -0.2) is 30.1 Å². The second-order valence-corrected chi connectivity index (χ2v) is 9.19. The van der Waals surface area contributed by atoms with Crippen LogP contribution in [0.4, 0.5) is 0 Å². The molecule has 0 amide bonds. The number of para-hydroxylation sites is 1. The molecule has 0 aliphatic carbocycles. The summed E-state index contributed by atoms with van der Waals surface area (Å²) in [7, 11) is 0. The summed E-state index contributed by atoms with van der Waals surface area (Å²) in [4.78, 5) is 24.3. The van der Waals surface area contributed by atoms with E-state index in [0.29, 0.717) is 39.9 Å². The van der Waals surface area contributed by atoms with E-state index in [9.17, 15) is 14.7 Å². The Kier molecular flexibility index (Phi) is 8.22. The molecule has 3 rings (SSSR count). The molecule has 0 fully saturated rings. The molecule has 0 unspecified atom stereocenters. The van der Waals surface area contributed by atoms with Gasteiger partial charge >= 0.3 is 5.97 Å². The van der Waals surface area contributed by atoms with Crippen LogP contribution in [-0.2, 0) is 4.79 Å². The van der Waals surface area contributed by atoms with Crippen molar-refractivity contribution in [3.05, 3.63) is 70.2 Å². The molecule has 0 aliphatic heterocycles. The van der Waals surface area contributed by atoms with E-state index in [1.807, 2.05) is 30.3 Å². The van der Waals surface area contributed by atoms with Gasteiger partial charge in [-0.25, -0.2) is 0 Å². The highest BCUT2D eigenvalue weighted by Crippen LogP contribution is 2.34. The molecule has 0 saturated heterocycles. The van der Waals surface area contributed by atoms with Gasteiger partial charge < -0.3 is 14.6 Å². The average Bonchev–Trinajstić information content (AvgIpc) is 2.77. The van der Waals surface area contributed by atoms with E-state index in [1.165, 1.54) is 0 Å². The fourth-order valence-electron chi connectivity index (χ4n) is 3.46. The van der Waals surface area contributed by atoms with Crippen molar-refractivity contribution in [2.45, 2.75) is 33.1 Å². The summed E-state index contributed by atoms with van der Waals surface area (Å²) in [5.41, 5.74) is -0.405. The van der Waals surface area contributed by atoms with Gasteiger partial charge in [-0.2, -0.15) is 0 Å². The van der Waals surface area contributed by atoms with Gasteiger partial charge in [-0.1, -0.05) is 59.6 Å². The Bertz CT molecular complexity index is 1140. The highest BCUT2D eigenvalue weighted by Gasteiger charge is 2.27. The maximum Gasteiger partial charge on any atom is 0.309 e. The number of aliphatic carboxylic acids is 1. The molecule has 3 aromatic carbocycles. The summed E-state index contributed by atoms with van der Waals surface area (Å²) in [5.74, 6) is -0.0838. The lowest BCUT2D eigenvalue weighted by Gasteiger charge is -2.19. The van der Waals surface area contributed by atoms with Gasteiger partial charge in [0.1, 0.15) is 19.0 Å². The van der Waals surface area contributed by atoms with Gasteiger partial charge in [-0.15, -0.1) is 0 Å². The zero-order valence-corrected chi connectivity index (χ0v) is 20.1. The van der Waals surface area contributed by atoms with Gasteiger partial charge in [0.05, 0.1) is 21.0 Å². The smallest absolute Gasteiger partial charge is 0.309 e. The third-order valence-electron chi connectivity index (χ3n) is 5.46. The summed E-state index contributed by atoms with van der Waals surface area (Å²) in [6.45, 7) is 3.69. The van der Waals surface area contributed by atoms with Crippen molar-refractivity contribution >= 4 is 45.7 Å². The number of rotatable bonds is 11. The number of carbonyl (C=O) groups excluding carboxylic acids is 1. The minimum absolute atomic E-state index is 0.0907. The molecule has 1 N–H and O–H groups in total. The Hall–Kier alpha value is -2.76. The summed E-state index contributed by atoms with van der Waals surface area (Å²) >= 11 is 12.3. The molecule has 0 atom stereocenters. The summed E-state index contributed by atoms with van der Waals surface area (Å²) in [6.07, 6.45) is 1.11. The molecule has 0 bridgehead atoms. The molecule has 33 heavy (non-hydrogen) atoms. The predicted molar refractivity (Wildman–Crippen MR) is 131 cm³/mol. The number of halogens is 2. The molecule has 0 spiro atoms. The topological polar surface area (TPSA) is 72.8 Å². The van der Waals surface area contributed by atoms with Crippen LogP contribution in [0.3, 0.4) is 0 Å². The first-order chi connectivity index (χ1) is 15.7. The zero-order chi connectivity index (χ0) is 24.0. The van der Waals surface area contributed by atoms with Crippen LogP contribution in [0.5, 0.6) is 11.5 Å². The normalized spacial score (nSPS) is 11.4. The molecular weight excluding hydrogens is 463 g/mol. The standard InChI is InChI=1S/C26H26Cl2O5/c1-26(2,25(30)31)14-6-11-22(29)19-13-12-17-7-3-4-8-18(17)23(19)32-15-16-33-24-20(27)9-5-10-21(24)28/h3-5,7-10,12-13H,6,11,14-16H2,1-2H3,(H,30,31). The number of benzene rings is 3. The molecule has 0 saturated carbocycles. The lowest BCUT2D eigenvalue weighted by molar-refractivity contribution is -0.147. The molecule has 0 aliphatic rings. The molecule has 5 nitrogen and oxygen atoms in total. The lowest BCUT2D eigenvalue weighted by atomic mass is 9.86. The number of fused-ring (bicyclic) bond motifs is 1. The molecule has 174 valence electrons. The third-order valence-corrected chi connectivity index (χ3v) is 6.05. The fraction of sp³-hybridized carbons (Fsp3) is 0.308. The van der Waals surface area contributed by atoms with Gasteiger partial charge in [0.15, 0.2) is 11.5 Å². The molecule has 3 aromatic rings. The van der Waals surface area contributed by atoms with Crippen LogP contribution in [0, 0.1) is 5.41 Å².